The van der Waals surface area contributed by atoms with Crippen molar-refractivity contribution in [3.05, 3.63) is 52.8 Å². The number of aliphatic hydroxyl groups excluding tert-OH is 1. The maximum absolute atomic E-state index is 13.9. The zero-order chi connectivity index (χ0) is 23.0. The highest BCUT2D eigenvalue weighted by atomic mass is 35.5. The molecule has 0 aromatic heterocycles. The van der Waals surface area contributed by atoms with Gasteiger partial charge >= 0.3 is 0 Å². The van der Waals surface area contributed by atoms with Crippen LogP contribution in [0.15, 0.2) is 41.3 Å². The molecule has 7 nitrogen and oxygen atoms in total. The summed E-state index contributed by atoms with van der Waals surface area (Å²) in [5, 5.41) is 11.6. The van der Waals surface area contributed by atoms with E-state index in [1.165, 1.54) is 31.4 Å². The van der Waals surface area contributed by atoms with E-state index < -0.39 is 51.6 Å². The second-order valence-electron chi connectivity index (χ2n) is 6.85. The lowest BCUT2D eigenvalue weighted by Crippen LogP contribution is -2.53. The molecule has 3 rings (SSSR count). The molecule has 1 heterocycles. The smallest absolute Gasteiger partial charge is 0.286 e. The summed E-state index contributed by atoms with van der Waals surface area (Å²) in [6.07, 6.45) is -2.39. The summed E-state index contributed by atoms with van der Waals surface area (Å²) >= 11 is 5.68. The van der Waals surface area contributed by atoms with Crippen molar-refractivity contribution in [2.45, 2.75) is 23.3 Å². The average Bonchev–Trinajstić information content (AvgIpc) is 2.72. The number of halogens is 4. The van der Waals surface area contributed by atoms with Gasteiger partial charge in [0.2, 0.25) is 10.0 Å². The zero-order valence-corrected chi connectivity index (χ0v) is 17.7. The molecule has 1 saturated heterocycles. The maximum Gasteiger partial charge on any atom is 0.286 e. The Morgan fingerprint density at radius 3 is 2.61 bits per heavy atom. The molecular weight excluding hydrogens is 461 g/mol. The number of nitrogens with one attached hydrogen (secondary N) is 1. The van der Waals surface area contributed by atoms with Crippen molar-refractivity contribution in [3.63, 3.8) is 0 Å². The number of sulfonamides is 1. The minimum atomic E-state index is -4.47. The molecule has 1 atom stereocenters. The van der Waals surface area contributed by atoms with Gasteiger partial charge in [0.05, 0.1) is 18.7 Å². The molecule has 0 saturated carbocycles. The van der Waals surface area contributed by atoms with Crippen molar-refractivity contribution in [2.24, 2.45) is 0 Å². The van der Waals surface area contributed by atoms with E-state index in [1.807, 2.05) is 0 Å². The quantitative estimate of drug-likeness (QED) is 0.688. The molecule has 1 aliphatic rings. The number of aliphatic hydroxyl groups is 1. The number of hydrogen-bond donors (Lipinski definition) is 2. The Balaban J connectivity index is 1.93. The number of piperidine rings is 1. The van der Waals surface area contributed by atoms with Crippen LogP contribution in [0.4, 0.5) is 18.9 Å². The zero-order valence-electron chi connectivity index (χ0n) is 16.1. The van der Waals surface area contributed by atoms with Crippen molar-refractivity contribution in [1.82, 2.24) is 4.31 Å². The maximum atomic E-state index is 13.9. The number of carbonyl (C=O) groups is 1. The minimum Gasteiger partial charge on any atom is -0.495 e. The molecule has 0 radical (unpaired) electrons. The molecule has 12 heteroatoms. The number of anilines is 1. The van der Waals surface area contributed by atoms with E-state index in [1.54, 1.807) is 0 Å². The Kier molecular flexibility index (Phi) is 6.51. The summed E-state index contributed by atoms with van der Waals surface area (Å²) in [5.41, 5.74) is 0.0601. The lowest BCUT2D eigenvalue weighted by molar-refractivity contribution is -0.136. The number of nitrogens with zero attached hydrogens (tertiary/aromatic N) is 1. The third kappa shape index (κ3) is 4.79. The van der Waals surface area contributed by atoms with Crippen molar-refractivity contribution in [3.8, 4) is 5.75 Å². The first-order valence-corrected chi connectivity index (χ1v) is 10.8. The number of amides is 1. The standard InChI is InChI=1S/C19H18ClF3N2O5S/c1-30-15-5-2-11(18(27)24-12-3-4-14(21)13(20)9-12)8-16(15)31(28,29)25-7-6-17(26)19(22,23)10-25/h2-5,8-9,17,26H,6-7,10H2,1H3,(H,24,27). The highest BCUT2D eigenvalue weighted by Gasteiger charge is 2.47. The molecule has 0 bridgehead atoms. The number of benzene rings is 2. The summed E-state index contributed by atoms with van der Waals surface area (Å²) in [7, 11) is -3.28. The first kappa shape index (κ1) is 23.3. The second kappa shape index (κ2) is 8.65. The van der Waals surface area contributed by atoms with Gasteiger partial charge in [0.15, 0.2) is 0 Å². The van der Waals surface area contributed by atoms with Crippen LogP contribution in [0.2, 0.25) is 5.02 Å². The summed E-state index contributed by atoms with van der Waals surface area (Å²) in [5.74, 6) is -5.17. The molecule has 0 spiro atoms. The highest BCUT2D eigenvalue weighted by molar-refractivity contribution is 7.89. The van der Waals surface area contributed by atoms with E-state index in [-0.39, 0.29) is 28.6 Å². The fourth-order valence-electron chi connectivity index (χ4n) is 3.04. The fourth-order valence-corrected chi connectivity index (χ4v) is 4.87. The third-order valence-corrected chi connectivity index (χ3v) is 6.90. The van der Waals surface area contributed by atoms with E-state index in [0.29, 0.717) is 4.31 Å². The number of rotatable bonds is 5. The molecule has 31 heavy (non-hydrogen) atoms. The number of alkyl halides is 2. The van der Waals surface area contributed by atoms with E-state index in [2.05, 4.69) is 5.32 Å². The van der Waals surface area contributed by atoms with Gasteiger partial charge in [0.25, 0.3) is 11.8 Å². The fraction of sp³-hybridized carbons (Fsp3) is 0.316. The van der Waals surface area contributed by atoms with Gasteiger partial charge in [-0.05, 0) is 42.8 Å². The van der Waals surface area contributed by atoms with Gasteiger partial charge < -0.3 is 15.2 Å². The Hall–Kier alpha value is -2.34. The Morgan fingerprint density at radius 2 is 2.00 bits per heavy atom. The molecule has 0 aliphatic carbocycles. The van der Waals surface area contributed by atoms with Crippen LogP contribution in [-0.4, -0.2) is 56.0 Å². The minimum absolute atomic E-state index is 0.108. The van der Waals surface area contributed by atoms with Gasteiger partial charge in [0.1, 0.15) is 22.6 Å². The molecule has 1 unspecified atom stereocenters. The van der Waals surface area contributed by atoms with Crippen LogP contribution in [0.1, 0.15) is 16.8 Å². The van der Waals surface area contributed by atoms with Gasteiger partial charge in [-0.1, -0.05) is 11.6 Å². The van der Waals surface area contributed by atoms with Crippen LogP contribution in [0.5, 0.6) is 5.75 Å². The summed E-state index contributed by atoms with van der Waals surface area (Å²) in [6, 6.07) is 6.99. The molecule has 2 aromatic rings. The molecule has 2 N–H and O–H groups in total. The summed E-state index contributed by atoms with van der Waals surface area (Å²) in [6.45, 7) is -1.53. The van der Waals surface area contributed by atoms with Crippen LogP contribution < -0.4 is 10.1 Å². The number of hydrogen-bond acceptors (Lipinski definition) is 5. The largest absolute Gasteiger partial charge is 0.495 e. The van der Waals surface area contributed by atoms with Gasteiger partial charge in [-0.2, -0.15) is 4.31 Å². The summed E-state index contributed by atoms with van der Waals surface area (Å²) < 4.78 is 72.7. The van der Waals surface area contributed by atoms with Crippen LogP contribution in [0.3, 0.4) is 0 Å². The Bertz CT molecular complexity index is 1110. The SMILES string of the molecule is COc1ccc(C(=O)Nc2ccc(F)c(Cl)c2)cc1S(=O)(=O)N1CCC(O)C(F)(F)C1. The monoisotopic (exact) mass is 478 g/mol. The predicted octanol–water partition coefficient (Wildman–Crippen LogP) is 3.13. The Morgan fingerprint density at radius 1 is 1.29 bits per heavy atom. The second-order valence-corrected chi connectivity index (χ2v) is 9.17. The molecule has 1 aliphatic heterocycles. The number of methoxy groups -OCH3 is 1. The van der Waals surface area contributed by atoms with E-state index in [4.69, 9.17) is 16.3 Å². The lowest BCUT2D eigenvalue weighted by Gasteiger charge is -2.35. The Labute approximate surface area is 181 Å². The van der Waals surface area contributed by atoms with Crippen LogP contribution in [0, 0.1) is 5.82 Å². The highest BCUT2D eigenvalue weighted by Crippen LogP contribution is 2.34. The van der Waals surface area contributed by atoms with Crippen LogP contribution in [-0.2, 0) is 10.0 Å². The van der Waals surface area contributed by atoms with E-state index in [9.17, 15) is 31.5 Å². The van der Waals surface area contributed by atoms with E-state index in [0.717, 1.165) is 12.1 Å². The molecule has 2 aromatic carbocycles. The van der Waals surface area contributed by atoms with Crippen molar-refractivity contribution < 1.29 is 36.2 Å². The normalized spacial score (nSPS) is 19.1. The van der Waals surface area contributed by atoms with Crippen molar-refractivity contribution >= 4 is 33.2 Å². The van der Waals surface area contributed by atoms with Crippen molar-refractivity contribution in [1.29, 1.82) is 0 Å². The van der Waals surface area contributed by atoms with Gasteiger partial charge in [-0.15, -0.1) is 0 Å². The topological polar surface area (TPSA) is 95.9 Å². The van der Waals surface area contributed by atoms with Crippen LogP contribution in [0.25, 0.3) is 0 Å². The number of ether oxygens (including phenoxy) is 1. The van der Waals surface area contributed by atoms with Crippen LogP contribution >= 0.6 is 11.6 Å². The van der Waals surface area contributed by atoms with Gasteiger partial charge in [-0.3, -0.25) is 4.79 Å². The van der Waals surface area contributed by atoms with E-state index >= 15 is 0 Å². The molecule has 1 amide bonds. The predicted molar refractivity (Wildman–Crippen MR) is 107 cm³/mol. The number of carbonyl (C=O) groups excluding carboxylic acids is 1. The van der Waals surface area contributed by atoms with Gasteiger partial charge in [-0.25, -0.2) is 21.6 Å². The average molecular weight is 479 g/mol. The third-order valence-electron chi connectivity index (χ3n) is 4.75. The van der Waals surface area contributed by atoms with Gasteiger partial charge in [0, 0.05) is 17.8 Å². The first-order chi connectivity index (χ1) is 14.5. The molecule has 168 valence electrons. The van der Waals surface area contributed by atoms with Crippen molar-refractivity contribution in [2.75, 3.05) is 25.5 Å². The first-order valence-electron chi connectivity index (χ1n) is 8.96. The molecular formula is C19H18ClF3N2O5S. The summed E-state index contributed by atoms with van der Waals surface area (Å²) in [4.78, 5) is 12.1. The molecule has 1 fully saturated rings. The lowest BCUT2D eigenvalue weighted by atomic mass is 10.1.